The van der Waals surface area contributed by atoms with E-state index < -0.39 is 5.60 Å². The number of unbranched alkanes of at least 4 members (excludes halogenated alkanes) is 14. The van der Waals surface area contributed by atoms with Gasteiger partial charge >= 0.3 is 5.97 Å². The molecule has 1 aromatic rings. The van der Waals surface area contributed by atoms with Crippen molar-refractivity contribution in [1.82, 2.24) is 0 Å². The van der Waals surface area contributed by atoms with E-state index in [2.05, 4.69) is 32.1 Å². The van der Waals surface area contributed by atoms with Crippen LogP contribution in [-0.2, 0) is 9.53 Å². The largest absolute Gasteiger partial charge is 0.465 e. The molecule has 236 valence electrons. The number of fused-ring (bicyclic) bond motifs is 5. The number of hydrogen-bond acceptors (Lipinski definition) is 4. The fourth-order valence-corrected chi connectivity index (χ4v) is 9.96. The lowest BCUT2D eigenvalue weighted by atomic mass is 9.46. The highest BCUT2D eigenvalue weighted by atomic mass is 16.5. The van der Waals surface area contributed by atoms with Gasteiger partial charge in [-0.05, 0) is 85.7 Å². The van der Waals surface area contributed by atoms with Gasteiger partial charge in [-0.25, -0.2) is 0 Å². The lowest BCUT2D eigenvalue weighted by Crippen LogP contribution is -2.49. The predicted molar refractivity (Wildman–Crippen MR) is 171 cm³/mol. The molecule has 1 heterocycles. The van der Waals surface area contributed by atoms with E-state index in [9.17, 15) is 9.90 Å². The zero-order chi connectivity index (χ0) is 29.5. The number of furan rings is 1. The van der Waals surface area contributed by atoms with Crippen molar-refractivity contribution >= 4 is 12.0 Å². The molecule has 3 fully saturated rings. The van der Waals surface area contributed by atoms with Gasteiger partial charge in [-0.1, -0.05) is 110 Å². The Bertz CT molecular complexity index is 1030. The topological polar surface area (TPSA) is 59.7 Å². The first kappa shape index (κ1) is 31.9. The number of aliphatic hydroxyl groups is 1. The second kappa shape index (κ2) is 14.5. The van der Waals surface area contributed by atoms with Gasteiger partial charge in [-0.2, -0.15) is 0 Å². The van der Waals surface area contributed by atoms with E-state index >= 15 is 0 Å². The highest BCUT2D eigenvalue weighted by Crippen LogP contribution is 2.71. The summed E-state index contributed by atoms with van der Waals surface area (Å²) in [5, 5.41) is 11.8. The summed E-state index contributed by atoms with van der Waals surface area (Å²) in [5.74, 6) is 2.23. The van der Waals surface area contributed by atoms with Crippen LogP contribution in [0.1, 0.15) is 172 Å². The Balaban J connectivity index is 0.951. The summed E-state index contributed by atoms with van der Waals surface area (Å²) in [6.07, 6.45) is 33.1. The standard InChI is InChI=1S/C38H60O4/c1-3-4-5-6-7-8-9-10-11-12-13-14-15-16-17-18-35(39)42-29-38(40)28-37-25-21-32-31-23-26-41-33(31)22-24-36(32,2)34(37)20-19-30(38)27-37/h22-24,26,30,32,34,40H,3-21,25,27-29H2,1-2H3/t30-,32-,34+,36-,37+,38+/m1/s1. The summed E-state index contributed by atoms with van der Waals surface area (Å²) < 4.78 is 11.5. The Kier molecular flexibility index (Phi) is 11.0. The van der Waals surface area contributed by atoms with Crippen molar-refractivity contribution in [2.45, 2.75) is 167 Å². The molecule has 1 spiro atoms. The van der Waals surface area contributed by atoms with E-state index in [0.29, 0.717) is 18.3 Å². The van der Waals surface area contributed by atoms with Crippen LogP contribution in [0.2, 0.25) is 0 Å². The number of carbonyl (C=O) groups excluding carboxylic acids is 1. The summed E-state index contributed by atoms with van der Waals surface area (Å²) >= 11 is 0. The monoisotopic (exact) mass is 580 g/mol. The molecule has 5 rings (SSSR count). The SMILES string of the molecule is CCCCCCCCCCCCCCCCCC(=O)OC[C@@]1(O)C[C@@]23CC[C@@H]4c5ccoc5C=C[C@@]4(C)[C@@H]2CC[C@@H]1C3. The maximum absolute atomic E-state index is 12.6. The Hall–Kier alpha value is -1.55. The summed E-state index contributed by atoms with van der Waals surface area (Å²) in [6.45, 7) is 4.92. The van der Waals surface area contributed by atoms with Crippen LogP contribution < -0.4 is 0 Å². The highest BCUT2D eigenvalue weighted by molar-refractivity contribution is 5.69. The zero-order valence-electron chi connectivity index (χ0n) is 27.0. The molecule has 4 aliphatic carbocycles. The highest BCUT2D eigenvalue weighted by Gasteiger charge is 2.65. The van der Waals surface area contributed by atoms with Gasteiger partial charge in [0, 0.05) is 12.0 Å². The Morgan fingerprint density at radius 3 is 2.24 bits per heavy atom. The lowest BCUT2D eigenvalue weighted by Gasteiger charge is -2.58. The van der Waals surface area contributed by atoms with Gasteiger partial charge < -0.3 is 14.3 Å². The number of rotatable bonds is 18. The number of carbonyl (C=O) groups is 1. The number of esters is 1. The van der Waals surface area contributed by atoms with E-state index in [1.807, 2.05) is 6.26 Å². The van der Waals surface area contributed by atoms with Crippen molar-refractivity contribution in [3.63, 3.8) is 0 Å². The van der Waals surface area contributed by atoms with Gasteiger partial charge in [-0.15, -0.1) is 0 Å². The van der Waals surface area contributed by atoms with Crippen molar-refractivity contribution in [3.8, 4) is 0 Å². The molecule has 0 saturated heterocycles. The lowest BCUT2D eigenvalue weighted by molar-refractivity contribution is -0.154. The third kappa shape index (κ3) is 7.05. The molecule has 4 nitrogen and oxygen atoms in total. The third-order valence-corrected chi connectivity index (χ3v) is 12.2. The number of ether oxygens (including phenoxy) is 1. The Morgan fingerprint density at radius 2 is 1.57 bits per heavy atom. The fraction of sp³-hybridized carbons (Fsp3) is 0.816. The van der Waals surface area contributed by atoms with Crippen molar-refractivity contribution in [3.05, 3.63) is 29.7 Å². The van der Waals surface area contributed by atoms with E-state index in [1.165, 1.54) is 89.0 Å². The minimum atomic E-state index is -0.859. The van der Waals surface area contributed by atoms with E-state index in [4.69, 9.17) is 9.15 Å². The molecule has 4 heteroatoms. The molecule has 3 saturated carbocycles. The van der Waals surface area contributed by atoms with Gasteiger partial charge in [0.05, 0.1) is 6.26 Å². The summed E-state index contributed by atoms with van der Waals surface area (Å²) in [7, 11) is 0. The smallest absolute Gasteiger partial charge is 0.305 e. The van der Waals surface area contributed by atoms with Gasteiger partial charge in [0.25, 0.3) is 0 Å². The normalized spacial score (nSPS) is 32.8. The molecule has 0 aliphatic heterocycles. The average Bonchev–Trinajstić information content (AvgIpc) is 3.54. The van der Waals surface area contributed by atoms with Crippen LogP contribution in [0, 0.1) is 22.7 Å². The summed E-state index contributed by atoms with van der Waals surface area (Å²) in [4.78, 5) is 12.6. The molecule has 4 aliphatic rings. The molecule has 0 amide bonds. The summed E-state index contributed by atoms with van der Waals surface area (Å²) in [6, 6.07) is 2.18. The van der Waals surface area contributed by atoms with Crippen LogP contribution in [0.5, 0.6) is 0 Å². The van der Waals surface area contributed by atoms with Gasteiger partial charge in [0.2, 0.25) is 0 Å². The van der Waals surface area contributed by atoms with Gasteiger partial charge in [0.1, 0.15) is 18.0 Å². The molecule has 1 N–H and O–H groups in total. The molecular formula is C38H60O4. The molecule has 0 radical (unpaired) electrons. The number of hydrogen-bond donors (Lipinski definition) is 1. The minimum Gasteiger partial charge on any atom is -0.465 e. The molecular weight excluding hydrogens is 520 g/mol. The van der Waals surface area contributed by atoms with Crippen LogP contribution in [0.15, 0.2) is 22.8 Å². The Labute approximate surface area is 256 Å². The van der Waals surface area contributed by atoms with Crippen LogP contribution in [0.4, 0.5) is 0 Å². The van der Waals surface area contributed by atoms with Crippen LogP contribution in [0.25, 0.3) is 6.08 Å². The van der Waals surface area contributed by atoms with E-state index in [0.717, 1.165) is 57.1 Å². The van der Waals surface area contributed by atoms with Crippen molar-refractivity contribution in [2.75, 3.05) is 6.61 Å². The summed E-state index contributed by atoms with van der Waals surface area (Å²) in [5.41, 5.74) is 0.782. The maximum Gasteiger partial charge on any atom is 0.305 e. The zero-order valence-corrected chi connectivity index (χ0v) is 27.0. The van der Waals surface area contributed by atoms with Gasteiger partial charge in [0.15, 0.2) is 0 Å². The first-order valence-corrected chi connectivity index (χ1v) is 18.0. The van der Waals surface area contributed by atoms with E-state index in [-0.39, 0.29) is 29.3 Å². The molecule has 0 unspecified atom stereocenters. The van der Waals surface area contributed by atoms with E-state index in [1.54, 1.807) is 0 Å². The number of allylic oxidation sites excluding steroid dienone is 1. The van der Waals surface area contributed by atoms with Crippen molar-refractivity contribution in [1.29, 1.82) is 0 Å². The van der Waals surface area contributed by atoms with Crippen molar-refractivity contribution in [2.24, 2.45) is 22.7 Å². The van der Waals surface area contributed by atoms with Crippen LogP contribution in [0.3, 0.4) is 0 Å². The second-order valence-electron chi connectivity index (χ2n) is 15.1. The van der Waals surface area contributed by atoms with Crippen LogP contribution in [-0.4, -0.2) is 23.3 Å². The first-order valence-electron chi connectivity index (χ1n) is 18.0. The quantitative estimate of drug-likeness (QED) is 0.139. The predicted octanol–water partition coefficient (Wildman–Crippen LogP) is 10.5. The molecule has 2 bridgehead atoms. The van der Waals surface area contributed by atoms with Crippen LogP contribution >= 0.6 is 0 Å². The molecule has 6 atom stereocenters. The first-order chi connectivity index (χ1) is 20.4. The average molecular weight is 581 g/mol. The maximum atomic E-state index is 12.6. The second-order valence-corrected chi connectivity index (χ2v) is 15.1. The minimum absolute atomic E-state index is 0.107. The van der Waals surface area contributed by atoms with Crippen molar-refractivity contribution < 1.29 is 19.1 Å². The third-order valence-electron chi connectivity index (χ3n) is 12.2. The molecule has 42 heavy (non-hydrogen) atoms. The Morgan fingerprint density at radius 1 is 0.929 bits per heavy atom. The molecule has 1 aromatic heterocycles. The molecule has 0 aromatic carbocycles. The fourth-order valence-electron chi connectivity index (χ4n) is 9.96. The van der Waals surface area contributed by atoms with Gasteiger partial charge in [-0.3, -0.25) is 4.79 Å².